The lowest BCUT2D eigenvalue weighted by Crippen LogP contribution is -1.98. The number of aromatic nitrogens is 1. The Morgan fingerprint density at radius 2 is 2.00 bits per heavy atom. The lowest BCUT2D eigenvalue weighted by atomic mass is 10.1. The van der Waals surface area contributed by atoms with Crippen molar-refractivity contribution < 1.29 is 19.2 Å². The largest absolute Gasteiger partial charge is 0.487 e. The zero-order chi connectivity index (χ0) is 17.1. The summed E-state index contributed by atoms with van der Waals surface area (Å²) in [5.74, 6) is -0.218. The van der Waals surface area contributed by atoms with E-state index >= 15 is 0 Å². The van der Waals surface area contributed by atoms with Crippen molar-refractivity contribution in [2.75, 3.05) is 0 Å². The van der Waals surface area contributed by atoms with Crippen LogP contribution in [0, 0.1) is 6.92 Å². The van der Waals surface area contributed by atoms with Crippen LogP contribution in [0.3, 0.4) is 0 Å². The first-order valence-electron chi connectivity index (χ1n) is 7.22. The van der Waals surface area contributed by atoms with Gasteiger partial charge >= 0.3 is 5.97 Å². The number of aryl methyl sites for hydroxylation is 1. The number of ether oxygens (including phenoxy) is 1. The van der Waals surface area contributed by atoms with Crippen LogP contribution in [0.4, 0.5) is 0 Å². The van der Waals surface area contributed by atoms with Crippen molar-refractivity contribution in [3.63, 3.8) is 0 Å². The first-order chi connectivity index (χ1) is 11.5. The molecule has 0 bridgehead atoms. The van der Waals surface area contributed by atoms with Gasteiger partial charge in [0.2, 0.25) is 0 Å². The quantitative estimate of drug-likeness (QED) is 0.734. The van der Waals surface area contributed by atoms with E-state index in [-0.39, 0.29) is 5.69 Å². The molecule has 1 N–H and O–H groups in total. The Balaban J connectivity index is 1.84. The van der Waals surface area contributed by atoms with Crippen LogP contribution >= 0.6 is 11.6 Å². The summed E-state index contributed by atoms with van der Waals surface area (Å²) < 4.78 is 10.9. The molecule has 0 aliphatic carbocycles. The van der Waals surface area contributed by atoms with Crippen LogP contribution in [0.2, 0.25) is 5.02 Å². The summed E-state index contributed by atoms with van der Waals surface area (Å²) in [5.41, 5.74) is 2.35. The maximum absolute atomic E-state index is 10.9. The highest BCUT2D eigenvalue weighted by Gasteiger charge is 2.15. The molecule has 0 aliphatic rings. The Hall–Kier alpha value is -2.79. The minimum atomic E-state index is -1.14. The number of hydrogen-bond acceptors (Lipinski definition) is 4. The van der Waals surface area contributed by atoms with E-state index in [1.807, 2.05) is 43.3 Å². The minimum Gasteiger partial charge on any atom is -0.487 e. The average Bonchev–Trinajstić information content (AvgIpc) is 3.05. The Labute approximate surface area is 143 Å². The van der Waals surface area contributed by atoms with Crippen molar-refractivity contribution in [2.45, 2.75) is 13.5 Å². The van der Waals surface area contributed by atoms with E-state index in [1.54, 1.807) is 6.07 Å². The molecule has 0 unspecified atom stereocenters. The summed E-state index contributed by atoms with van der Waals surface area (Å²) in [7, 11) is 0. The van der Waals surface area contributed by atoms with Crippen LogP contribution in [-0.2, 0) is 6.61 Å². The van der Waals surface area contributed by atoms with Gasteiger partial charge in [0.15, 0.2) is 11.5 Å². The first-order valence-corrected chi connectivity index (χ1v) is 7.59. The third-order valence-corrected chi connectivity index (χ3v) is 3.75. The molecule has 1 aromatic heterocycles. The molecular formula is C18H14ClNO4. The predicted molar refractivity (Wildman–Crippen MR) is 89.4 cm³/mol. The van der Waals surface area contributed by atoms with E-state index in [0.29, 0.717) is 28.7 Å². The zero-order valence-corrected chi connectivity index (χ0v) is 13.6. The predicted octanol–water partition coefficient (Wildman–Crippen LogP) is 4.58. The molecule has 5 nitrogen and oxygen atoms in total. The third-order valence-electron chi connectivity index (χ3n) is 3.47. The summed E-state index contributed by atoms with van der Waals surface area (Å²) in [4.78, 5) is 10.9. The van der Waals surface area contributed by atoms with E-state index < -0.39 is 5.97 Å². The molecule has 24 heavy (non-hydrogen) atoms. The topological polar surface area (TPSA) is 72.6 Å². The summed E-state index contributed by atoms with van der Waals surface area (Å²) in [6.45, 7) is 2.27. The molecule has 0 spiro atoms. The maximum Gasteiger partial charge on any atom is 0.358 e. The normalized spacial score (nSPS) is 10.6. The summed E-state index contributed by atoms with van der Waals surface area (Å²) in [5, 5.41) is 12.8. The van der Waals surface area contributed by atoms with Crippen molar-refractivity contribution >= 4 is 17.6 Å². The standard InChI is InChI=1S/C18H14ClNO4/c1-11-7-13(16-9-15(18(21)22)20-24-16)8-14(19)17(11)23-10-12-5-3-2-4-6-12/h2-9H,10H2,1H3,(H,21,22). The van der Waals surface area contributed by atoms with E-state index in [2.05, 4.69) is 5.16 Å². The molecule has 0 saturated heterocycles. The second-order valence-electron chi connectivity index (χ2n) is 5.26. The van der Waals surface area contributed by atoms with Gasteiger partial charge in [-0.25, -0.2) is 4.79 Å². The molecule has 122 valence electrons. The van der Waals surface area contributed by atoms with Gasteiger partial charge in [-0.05, 0) is 30.2 Å². The Kier molecular flexibility index (Phi) is 4.53. The molecular weight excluding hydrogens is 330 g/mol. The van der Waals surface area contributed by atoms with Crippen molar-refractivity contribution in [1.82, 2.24) is 5.16 Å². The van der Waals surface area contributed by atoms with Gasteiger partial charge < -0.3 is 14.4 Å². The van der Waals surface area contributed by atoms with Gasteiger partial charge in [0.25, 0.3) is 0 Å². The highest BCUT2D eigenvalue weighted by Crippen LogP contribution is 2.34. The van der Waals surface area contributed by atoms with Crippen LogP contribution < -0.4 is 4.74 Å². The third kappa shape index (κ3) is 3.41. The Bertz CT molecular complexity index is 851. The Morgan fingerprint density at radius 1 is 1.25 bits per heavy atom. The van der Waals surface area contributed by atoms with Crippen LogP contribution in [0.1, 0.15) is 21.6 Å². The van der Waals surface area contributed by atoms with E-state index in [0.717, 1.165) is 11.1 Å². The summed E-state index contributed by atoms with van der Waals surface area (Å²) in [6.07, 6.45) is 0. The Morgan fingerprint density at radius 3 is 2.62 bits per heavy atom. The number of nitrogens with zero attached hydrogens (tertiary/aromatic N) is 1. The smallest absolute Gasteiger partial charge is 0.358 e. The number of hydrogen-bond donors (Lipinski definition) is 1. The molecule has 1 heterocycles. The number of aromatic carboxylic acids is 1. The molecule has 0 radical (unpaired) electrons. The van der Waals surface area contributed by atoms with Crippen LogP contribution in [0.25, 0.3) is 11.3 Å². The van der Waals surface area contributed by atoms with Crippen molar-refractivity contribution in [3.05, 3.63) is 70.4 Å². The van der Waals surface area contributed by atoms with Crippen molar-refractivity contribution in [1.29, 1.82) is 0 Å². The van der Waals surface area contributed by atoms with Gasteiger partial charge in [0.05, 0.1) is 5.02 Å². The number of carbonyl (C=O) groups is 1. The highest BCUT2D eigenvalue weighted by molar-refractivity contribution is 6.32. The second-order valence-corrected chi connectivity index (χ2v) is 5.67. The van der Waals surface area contributed by atoms with Crippen LogP contribution in [-0.4, -0.2) is 16.2 Å². The number of halogens is 1. The number of carboxylic acids is 1. The minimum absolute atomic E-state index is 0.150. The monoisotopic (exact) mass is 343 g/mol. The SMILES string of the molecule is Cc1cc(-c2cc(C(=O)O)no2)cc(Cl)c1OCc1ccccc1. The molecule has 0 atom stereocenters. The molecule has 3 rings (SSSR count). The number of rotatable bonds is 5. The molecule has 0 aliphatic heterocycles. The number of carboxylic acid groups (broad SMARTS) is 1. The molecule has 3 aromatic rings. The maximum atomic E-state index is 10.9. The fourth-order valence-corrected chi connectivity index (χ4v) is 2.62. The number of benzene rings is 2. The van der Waals surface area contributed by atoms with Crippen LogP contribution in [0.5, 0.6) is 5.75 Å². The summed E-state index contributed by atoms with van der Waals surface area (Å²) >= 11 is 6.32. The second kappa shape index (κ2) is 6.76. The van der Waals surface area contributed by atoms with Gasteiger partial charge in [0, 0.05) is 11.6 Å². The van der Waals surface area contributed by atoms with Gasteiger partial charge in [-0.2, -0.15) is 0 Å². The van der Waals surface area contributed by atoms with Gasteiger partial charge in [-0.1, -0.05) is 47.1 Å². The van der Waals surface area contributed by atoms with Gasteiger partial charge in [-0.3, -0.25) is 0 Å². The molecule has 6 heteroatoms. The summed E-state index contributed by atoms with van der Waals surface area (Å²) in [6, 6.07) is 14.6. The van der Waals surface area contributed by atoms with E-state index in [4.69, 9.17) is 26.0 Å². The molecule has 2 aromatic carbocycles. The fraction of sp³-hybridized carbons (Fsp3) is 0.111. The lowest BCUT2D eigenvalue weighted by Gasteiger charge is -2.12. The molecule has 0 saturated carbocycles. The van der Waals surface area contributed by atoms with Crippen LogP contribution in [0.15, 0.2) is 53.1 Å². The van der Waals surface area contributed by atoms with Crippen molar-refractivity contribution in [2.24, 2.45) is 0 Å². The fourth-order valence-electron chi connectivity index (χ4n) is 2.30. The van der Waals surface area contributed by atoms with Crippen molar-refractivity contribution in [3.8, 4) is 17.1 Å². The van der Waals surface area contributed by atoms with Gasteiger partial charge in [0.1, 0.15) is 12.4 Å². The zero-order valence-electron chi connectivity index (χ0n) is 12.8. The highest BCUT2D eigenvalue weighted by atomic mass is 35.5. The molecule has 0 fully saturated rings. The first kappa shape index (κ1) is 16.1. The lowest BCUT2D eigenvalue weighted by molar-refractivity contribution is 0.0686. The van der Waals surface area contributed by atoms with E-state index in [1.165, 1.54) is 6.07 Å². The molecule has 0 amide bonds. The van der Waals surface area contributed by atoms with Gasteiger partial charge in [-0.15, -0.1) is 0 Å². The average molecular weight is 344 g/mol. The van der Waals surface area contributed by atoms with E-state index in [9.17, 15) is 4.79 Å².